The molecule has 0 aliphatic heterocycles. The van der Waals surface area contributed by atoms with Gasteiger partial charge in [0.2, 0.25) is 0 Å². The number of hydrogen-bond donors (Lipinski definition) is 2. The van der Waals surface area contributed by atoms with Crippen LogP contribution in [0.5, 0.6) is 5.75 Å². The van der Waals surface area contributed by atoms with Gasteiger partial charge in [-0.15, -0.1) is 0 Å². The highest BCUT2D eigenvalue weighted by Gasteiger charge is 2.25. The minimum atomic E-state index is -1.10. The topological polar surface area (TPSA) is 102 Å². The predicted octanol–water partition coefficient (Wildman–Crippen LogP) is 1.10. The molecular formula is C12H16N2O5. The molecule has 0 heterocycles. The van der Waals surface area contributed by atoms with Crippen molar-refractivity contribution in [2.75, 3.05) is 13.7 Å². The summed E-state index contributed by atoms with van der Waals surface area (Å²) in [6.45, 7) is 3.01. The molecule has 104 valence electrons. The number of carbonyl (C=O) groups is 1. The van der Waals surface area contributed by atoms with Crippen LogP contribution < -0.4 is 10.1 Å². The number of methoxy groups -OCH3 is 1. The normalized spacial score (nSPS) is 10.9. The third kappa shape index (κ3) is 3.92. The number of ether oxygens (including phenoxy) is 1. The summed E-state index contributed by atoms with van der Waals surface area (Å²) in [4.78, 5) is 22.3. The van der Waals surface area contributed by atoms with E-state index in [1.54, 1.807) is 0 Å². The van der Waals surface area contributed by atoms with E-state index in [0.717, 1.165) is 0 Å². The Kier molecular flexibility index (Phi) is 4.44. The number of carbonyl (C=O) groups excluding carboxylic acids is 1. The van der Waals surface area contributed by atoms with Gasteiger partial charge in [0.1, 0.15) is 5.75 Å². The molecule has 0 unspecified atom stereocenters. The zero-order valence-electron chi connectivity index (χ0n) is 11.0. The van der Waals surface area contributed by atoms with E-state index >= 15 is 0 Å². The number of benzene rings is 1. The number of amides is 1. The summed E-state index contributed by atoms with van der Waals surface area (Å²) in [5.74, 6) is -0.547. The summed E-state index contributed by atoms with van der Waals surface area (Å²) < 4.78 is 4.96. The fourth-order valence-electron chi connectivity index (χ4n) is 1.45. The van der Waals surface area contributed by atoms with Crippen molar-refractivity contribution in [3.05, 3.63) is 33.9 Å². The van der Waals surface area contributed by atoms with E-state index in [1.165, 1.54) is 39.2 Å². The van der Waals surface area contributed by atoms with E-state index in [4.69, 9.17) is 4.74 Å². The van der Waals surface area contributed by atoms with Gasteiger partial charge >= 0.3 is 0 Å². The summed E-state index contributed by atoms with van der Waals surface area (Å²) in [5, 5.41) is 22.9. The standard InChI is InChI=1S/C12H16N2O5/c1-12(2,16)7-13-11(15)10-8(14(17)18)5-4-6-9(10)19-3/h4-6,16H,7H2,1-3H3,(H,13,15). The maximum absolute atomic E-state index is 12.0. The quantitative estimate of drug-likeness (QED) is 0.615. The van der Waals surface area contributed by atoms with Crippen molar-refractivity contribution in [3.63, 3.8) is 0 Å². The van der Waals surface area contributed by atoms with Crippen LogP contribution in [0.15, 0.2) is 18.2 Å². The summed E-state index contributed by atoms with van der Waals surface area (Å²) in [6.07, 6.45) is 0. The van der Waals surface area contributed by atoms with E-state index in [9.17, 15) is 20.0 Å². The van der Waals surface area contributed by atoms with Crippen molar-refractivity contribution in [2.24, 2.45) is 0 Å². The Morgan fingerprint density at radius 2 is 2.16 bits per heavy atom. The van der Waals surface area contributed by atoms with Gasteiger partial charge in [0, 0.05) is 12.6 Å². The van der Waals surface area contributed by atoms with Crippen molar-refractivity contribution in [1.82, 2.24) is 5.32 Å². The van der Waals surface area contributed by atoms with Gasteiger partial charge in [-0.25, -0.2) is 0 Å². The first-order valence-electron chi connectivity index (χ1n) is 5.58. The lowest BCUT2D eigenvalue weighted by Crippen LogP contribution is -2.38. The highest BCUT2D eigenvalue weighted by Crippen LogP contribution is 2.27. The number of nitrogens with one attached hydrogen (secondary N) is 1. The minimum absolute atomic E-state index is 0.0267. The molecule has 2 N–H and O–H groups in total. The molecule has 0 atom stereocenters. The molecule has 0 radical (unpaired) electrons. The Morgan fingerprint density at radius 3 is 2.63 bits per heavy atom. The van der Waals surface area contributed by atoms with Gasteiger partial charge in [-0.05, 0) is 19.9 Å². The molecule has 1 aromatic carbocycles. The lowest BCUT2D eigenvalue weighted by atomic mass is 10.1. The lowest BCUT2D eigenvalue weighted by Gasteiger charge is -2.18. The molecule has 1 rings (SSSR count). The minimum Gasteiger partial charge on any atom is -0.496 e. The Morgan fingerprint density at radius 1 is 1.53 bits per heavy atom. The second-order valence-corrected chi connectivity index (χ2v) is 4.61. The van der Waals surface area contributed by atoms with Crippen LogP contribution in [0.2, 0.25) is 0 Å². The third-order valence-corrected chi connectivity index (χ3v) is 2.33. The molecule has 0 aromatic heterocycles. The number of rotatable bonds is 5. The van der Waals surface area contributed by atoms with Crippen LogP contribution in [-0.2, 0) is 0 Å². The molecule has 0 saturated heterocycles. The molecule has 7 heteroatoms. The number of aliphatic hydroxyl groups is 1. The molecule has 0 spiro atoms. The SMILES string of the molecule is COc1cccc([N+](=O)[O-])c1C(=O)NCC(C)(C)O. The summed E-state index contributed by atoms with van der Waals surface area (Å²) in [6, 6.07) is 4.12. The van der Waals surface area contributed by atoms with Crippen LogP contribution in [0.4, 0.5) is 5.69 Å². The first kappa shape index (κ1) is 14.9. The molecule has 7 nitrogen and oxygen atoms in total. The Bertz CT molecular complexity index is 493. The summed E-state index contributed by atoms with van der Waals surface area (Å²) >= 11 is 0. The largest absolute Gasteiger partial charge is 0.496 e. The number of nitro groups is 1. The van der Waals surface area contributed by atoms with Crippen molar-refractivity contribution in [3.8, 4) is 5.75 Å². The van der Waals surface area contributed by atoms with E-state index in [0.29, 0.717) is 0 Å². The maximum Gasteiger partial charge on any atom is 0.285 e. The zero-order valence-corrected chi connectivity index (χ0v) is 11.0. The molecule has 0 saturated carbocycles. The molecule has 0 bridgehead atoms. The highest BCUT2D eigenvalue weighted by molar-refractivity contribution is 6.00. The first-order chi connectivity index (χ1) is 8.76. The van der Waals surface area contributed by atoms with Crippen molar-refractivity contribution in [1.29, 1.82) is 0 Å². The third-order valence-electron chi connectivity index (χ3n) is 2.33. The predicted molar refractivity (Wildman–Crippen MR) is 68.3 cm³/mol. The van der Waals surface area contributed by atoms with Crippen LogP contribution in [0, 0.1) is 10.1 Å². The zero-order chi connectivity index (χ0) is 14.6. The number of nitrogens with zero attached hydrogens (tertiary/aromatic N) is 1. The monoisotopic (exact) mass is 268 g/mol. The summed E-state index contributed by atoms with van der Waals surface area (Å²) in [5.41, 5.74) is -1.60. The van der Waals surface area contributed by atoms with Gasteiger partial charge in [-0.2, -0.15) is 0 Å². The lowest BCUT2D eigenvalue weighted by molar-refractivity contribution is -0.385. The Hall–Kier alpha value is -2.15. The van der Waals surface area contributed by atoms with Gasteiger partial charge in [0.15, 0.2) is 5.56 Å². The van der Waals surface area contributed by atoms with Gasteiger partial charge in [0.25, 0.3) is 11.6 Å². The number of hydrogen-bond acceptors (Lipinski definition) is 5. The van der Waals surface area contributed by atoms with Crippen LogP contribution in [-0.4, -0.2) is 35.2 Å². The van der Waals surface area contributed by atoms with Gasteiger partial charge in [-0.1, -0.05) is 6.07 Å². The highest BCUT2D eigenvalue weighted by atomic mass is 16.6. The van der Waals surface area contributed by atoms with E-state index < -0.39 is 16.4 Å². The first-order valence-corrected chi connectivity index (χ1v) is 5.58. The van der Waals surface area contributed by atoms with Crippen LogP contribution in [0.25, 0.3) is 0 Å². The van der Waals surface area contributed by atoms with Gasteiger partial charge in [0.05, 0.1) is 17.6 Å². The van der Waals surface area contributed by atoms with Crippen LogP contribution in [0.3, 0.4) is 0 Å². The average Bonchev–Trinajstić information content (AvgIpc) is 2.33. The second-order valence-electron chi connectivity index (χ2n) is 4.61. The molecule has 0 aliphatic carbocycles. The molecule has 19 heavy (non-hydrogen) atoms. The maximum atomic E-state index is 12.0. The molecular weight excluding hydrogens is 252 g/mol. The van der Waals surface area contributed by atoms with Gasteiger partial charge in [-0.3, -0.25) is 14.9 Å². The summed E-state index contributed by atoms with van der Waals surface area (Å²) in [7, 11) is 1.33. The van der Waals surface area contributed by atoms with Crippen LogP contribution in [0.1, 0.15) is 24.2 Å². The van der Waals surface area contributed by atoms with E-state index in [2.05, 4.69) is 5.32 Å². The van der Waals surface area contributed by atoms with Crippen LogP contribution >= 0.6 is 0 Å². The van der Waals surface area contributed by atoms with Crippen molar-refractivity contribution < 1.29 is 19.6 Å². The molecule has 1 aromatic rings. The fourth-order valence-corrected chi connectivity index (χ4v) is 1.45. The Balaban J connectivity index is 3.10. The van der Waals surface area contributed by atoms with Gasteiger partial charge < -0.3 is 15.2 Å². The van der Waals surface area contributed by atoms with Crippen molar-refractivity contribution in [2.45, 2.75) is 19.4 Å². The Labute approximate surface area is 110 Å². The molecule has 0 aliphatic rings. The smallest absolute Gasteiger partial charge is 0.285 e. The second kappa shape index (κ2) is 5.66. The average molecular weight is 268 g/mol. The molecule has 1 amide bonds. The van der Waals surface area contributed by atoms with Crippen molar-refractivity contribution >= 4 is 11.6 Å². The fraction of sp³-hybridized carbons (Fsp3) is 0.417. The number of nitro benzene ring substituents is 1. The van der Waals surface area contributed by atoms with E-state index in [1.807, 2.05) is 0 Å². The molecule has 0 fully saturated rings. The van der Waals surface area contributed by atoms with E-state index in [-0.39, 0.29) is 23.5 Å².